The third-order valence-electron chi connectivity index (χ3n) is 4.25. The first-order valence-corrected chi connectivity index (χ1v) is 12.1. The highest BCUT2D eigenvalue weighted by atomic mass is 31.2. The molecule has 0 aliphatic rings. The van der Waals surface area contributed by atoms with E-state index in [0.717, 1.165) is 5.75 Å². The molecule has 0 N–H and O–H groups in total. The second-order valence-corrected chi connectivity index (χ2v) is 13.9. The number of ketones is 1. The summed E-state index contributed by atoms with van der Waals surface area (Å²) >= 11 is 0. The van der Waals surface area contributed by atoms with Gasteiger partial charge in [0.15, 0.2) is 5.78 Å². The minimum absolute atomic E-state index is 0.102. The topological polar surface area (TPSA) is 61.8 Å². The lowest BCUT2D eigenvalue weighted by atomic mass is 10.1. The Balaban J connectivity index is 2.85. The molecule has 0 aliphatic heterocycles. The Morgan fingerprint density at radius 1 is 1.09 bits per heavy atom. The van der Waals surface area contributed by atoms with Gasteiger partial charge < -0.3 is 13.5 Å². The van der Waals surface area contributed by atoms with Crippen LogP contribution in [0.1, 0.15) is 31.1 Å². The maximum absolute atomic E-state index is 12.2. The molecule has 0 aliphatic carbocycles. The van der Waals surface area contributed by atoms with Crippen LogP contribution in [0.25, 0.3) is 0 Å². The van der Waals surface area contributed by atoms with Gasteiger partial charge in [0, 0.05) is 19.8 Å². The Morgan fingerprint density at radius 2 is 1.57 bits per heavy atom. The van der Waals surface area contributed by atoms with Crippen molar-refractivity contribution in [3.63, 3.8) is 0 Å². The van der Waals surface area contributed by atoms with Crippen LogP contribution in [0.15, 0.2) is 24.3 Å². The fraction of sp³-hybridized carbons (Fsp3) is 0.562. The van der Waals surface area contributed by atoms with Crippen molar-refractivity contribution >= 4 is 21.7 Å². The molecule has 0 fully saturated rings. The van der Waals surface area contributed by atoms with Crippen molar-refractivity contribution in [2.45, 2.75) is 38.9 Å². The molecule has 0 unspecified atom stereocenters. The lowest BCUT2D eigenvalue weighted by Gasteiger charge is -2.36. The maximum Gasteiger partial charge on any atom is 0.337 e. The zero-order valence-corrected chi connectivity index (χ0v) is 16.9. The van der Waals surface area contributed by atoms with Gasteiger partial charge in [-0.15, -0.1) is 0 Å². The average molecular weight is 358 g/mol. The van der Waals surface area contributed by atoms with Gasteiger partial charge in [-0.25, -0.2) is 0 Å². The molecule has 1 rings (SSSR count). The molecule has 0 radical (unpaired) electrons. The van der Waals surface area contributed by atoms with E-state index in [-0.39, 0.29) is 17.0 Å². The molecule has 7 heteroatoms. The molecule has 0 saturated heterocycles. The highest BCUT2D eigenvalue weighted by Gasteiger charge is 2.39. The van der Waals surface area contributed by atoms with E-state index in [4.69, 9.17) is 13.5 Å². The summed E-state index contributed by atoms with van der Waals surface area (Å²) in [5, 5.41) is 0.102. The van der Waals surface area contributed by atoms with E-state index in [9.17, 15) is 9.36 Å². The Kier molecular flexibility index (Phi) is 6.38. The maximum atomic E-state index is 12.2. The first-order valence-electron chi connectivity index (χ1n) is 7.47. The van der Waals surface area contributed by atoms with Crippen LogP contribution in [0.2, 0.25) is 18.1 Å². The van der Waals surface area contributed by atoms with Crippen LogP contribution in [0.5, 0.6) is 5.75 Å². The third-order valence-corrected chi connectivity index (χ3v) is 10.4. The van der Waals surface area contributed by atoms with E-state index in [1.54, 1.807) is 24.3 Å². The van der Waals surface area contributed by atoms with Gasteiger partial charge in [0.2, 0.25) is 8.32 Å². The molecule has 130 valence electrons. The summed E-state index contributed by atoms with van der Waals surface area (Å²) < 4.78 is 27.8. The van der Waals surface area contributed by atoms with Crippen LogP contribution in [-0.4, -0.2) is 34.5 Å². The lowest BCUT2D eigenvalue weighted by Crippen LogP contribution is -2.43. The van der Waals surface area contributed by atoms with Gasteiger partial charge in [-0.05, 0) is 42.4 Å². The van der Waals surface area contributed by atoms with Crippen molar-refractivity contribution in [1.82, 2.24) is 0 Å². The van der Waals surface area contributed by atoms with Gasteiger partial charge in [-0.2, -0.15) is 0 Å². The Hall–Kier alpha value is -0.943. The van der Waals surface area contributed by atoms with Gasteiger partial charge in [0.25, 0.3) is 0 Å². The molecule has 0 atom stereocenters. The third kappa shape index (κ3) is 5.28. The van der Waals surface area contributed by atoms with Crippen LogP contribution in [-0.2, 0) is 13.6 Å². The largest absolute Gasteiger partial charge is 0.544 e. The summed E-state index contributed by atoms with van der Waals surface area (Å²) in [6.07, 6.45) is -0.275. The lowest BCUT2D eigenvalue weighted by molar-refractivity contribution is 0.101. The predicted octanol–water partition coefficient (Wildman–Crippen LogP) is 4.74. The fourth-order valence-corrected chi connectivity index (χ4v) is 3.60. The molecule has 1 aromatic carbocycles. The van der Waals surface area contributed by atoms with Crippen LogP contribution < -0.4 is 4.43 Å². The normalized spacial score (nSPS) is 13.0. The smallest absolute Gasteiger partial charge is 0.337 e. The molecule has 23 heavy (non-hydrogen) atoms. The zero-order chi connectivity index (χ0) is 17.9. The van der Waals surface area contributed by atoms with Gasteiger partial charge in [-0.3, -0.25) is 9.36 Å². The SMILES string of the molecule is COP(=O)(CC(=O)c1ccc(O[Si](C)(C)C(C)(C)C)cc1)OC. The minimum atomic E-state index is -3.34. The molecule has 0 aromatic heterocycles. The molecular weight excluding hydrogens is 331 g/mol. The number of benzene rings is 1. The number of carbonyl (C=O) groups excluding carboxylic acids is 1. The monoisotopic (exact) mass is 358 g/mol. The van der Waals surface area contributed by atoms with Crippen molar-refractivity contribution in [3.8, 4) is 5.75 Å². The summed E-state index contributed by atoms with van der Waals surface area (Å²) in [6.45, 7) is 10.8. The summed E-state index contributed by atoms with van der Waals surface area (Å²) in [6, 6.07) is 6.91. The summed E-state index contributed by atoms with van der Waals surface area (Å²) in [7, 11) is -2.71. The summed E-state index contributed by atoms with van der Waals surface area (Å²) in [5.41, 5.74) is 0.460. The Bertz CT molecular complexity index is 581. The first-order chi connectivity index (χ1) is 10.4. The first kappa shape index (κ1) is 20.1. The highest BCUT2D eigenvalue weighted by molar-refractivity contribution is 7.54. The van der Waals surface area contributed by atoms with Crippen molar-refractivity contribution < 1.29 is 22.8 Å². The van der Waals surface area contributed by atoms with Crippen molar-refractivity contribution in [2.24, 2.45) is 0 Å². The number of rotatable bonds is 7. The molecule has 0 bridgehead atoms. The van der Waals surface area contributed by atoms with Crippen molar-refractivity contribution in [2.75, 3.05) is 20.4 Å². The Labute approximate surface area is 140 Å². The minimum Gasteiger partial charge on any atom is -0.544 e. The highest BCUT2D eigenvalue weighted by Crippen LogP contribution is 2.46. The summed E-state index contributed by atoms with van der Waals surface area (Å²) in [5.74, 6) is 0.464. The molecule has 0 spiro atoms. The van der Waals surface area contributed by atoms with Gasteiger partial charge >= 0.3 is 7.60 Å². The van der Waals surface area contributed by atoms with E-state index in [2.05, 4.69) is 33.9 Å². The number of hydrogen-bond acceptors (Lipinski definition) is 5. The number of carbonyl (C=O) groups is 1. The average Bonchev–Trinajstić information content (AvgIpc) is 2.46. The van der Waals surface area contributed by atoms with Crippen LogP contribution in [0.4, 0.5) is 0 Å². The predicted molar refractivity (Wildman–Crippen MR) is 95.1 cm³/mol. The van der Waals surface area contributed by atoms with E-state index in [1.165, 1.54) is 14.2 Å². The second kappa shape index (κ2) is 7.30. The van der Waals surface area contributed by atoms with Crippen LogP contribution >= 0.6 is 7.60 Å². The Morgan fingerprint density at radius 3 is 1.96 bits per heavy atom. The molecule has 1 aromatic rings. The molecular formula is C16H27O5PSi. The van der Waals surface area contributed by atoms with E-state index < -0.39 is 15.9 Å². The second-order valence-electron chi connectivity index (χ2n) is 6.94. The van der Waals surface area contributed by atoms with E-state index >= 15 is 0 Å². The fourth-order valence-electron chi connectivity index (χ4n) is 1.63. The molecule has 0 amide bonds. The van der Waals surface area contributed by atoms with Gasteiger partial charge in [-0.1, -0.05) is 20.8 Å². The van der Waals surface area contributed by atoms with Gasteiger partial charge in [0.1, 0.15) is 11.9 Å². The standard InChI is InChI=1S/C16H27O5PSi/c1-16(2,3)23(6,7)21-14-10-8-13(9-11-14)15(17)12-22(18,19-4)20-5/h8-11H,12H2,1-7H3. The zero-order valence-electron chi connectivity index (χ0n) is 15.0. The van der Waals surface area contributed by atoms with E-state index in [0.29, 0.717) is 5.56 Å². The molecule has 5 nitrogen and oxygen atoms in total. The molecule has 0 heterocycles. The quantitative estimate of drug-likeness (QED) is 0.400. The van der Waals surface area contributed by atoms with Gasteiger partial charge in [0.05, 0.1) is 0 Å². The van der Waals surface area contributed by atoms with Crippen LogP contribution in [0.3, 0.4) is 0 Å². The molecule has 0 saturated carbocycles. The van der Waals surface area contributed by atoms with Crippen LogP contribution in [0, 0.1) is 0 Å². The number of Topliss-reactive ketones (excluding diaryl/α,β-unsaturated/α-hetero) is 1. The summed E-state index contributed by atoms with van der Waals surface area (Å²) in [4.78, 5) is 12.2. The van der Waals surface area contributed by atoms with Crippen molar-refractivity contribution in [1.29, 1.82) is 0 Å². The van der Waals surface area contributed by atoms with E-state index in [1.807, 2.05) is 0 Å². The number of hydrogen-bond donors (Lipinski definition) is 0. The van der Waals surface area contributed by atoms with Crippen molar-refractivity contribution in [3.05, 3.63) is 29.8 Å².